The zero-order chi connectivity index (χ0) is 12.9. The van der Waals surface area contributed by atoms with Gasteiger partial charge in [-0.05, 0) is 45.2 Å². The molecule has 100 valence electrons. The molecule has 1 fully saturated rings. The monoisotopic (exact) mass is 241 g/mol. The molecule has 4 heteroatoms. The standard InChI is InChI=1S/C13H27N3O/c1-3-5-9-16(4-2)11-7-6-8-13(15,10-11)12(14)17/h11H,3-10,15H2,1-2H3,(H2,14,17). The van der Waals surface area contributed by atoms with Gasteiger partial charge in [-0.3, -0.25) is 4.79 Å². The molecule has 1 aliphatic rings. The van der Waals surface area contributed by atoms with E-state index in [-0.39, 0.29) is 5.91 Å². The molecule has 1 aliphatic carbocycles. The van der Waals surface area contributed by atoms with Crippen LogP contribution in [0, 0.1) is 0 Å². The van der Waals surface area contributed by atoms with Crippen molar-refractivity contribution >= 4 is 5.91 Å². The quantitative estimate of drug-likeness (QED) is 0.734. The molecule has 0 heterocycles. The van der Waals surface area contributed by atoms with Crippen molar-refractivity contribution in [1.29, 1.82) is 0 Å². The highest BCUT2D eigenvalue weighted by atomic mass is 16.1. The summed E-state index contributed by atoms with van der Waals surface area (Å²) in [7, 11) is 0. The zero-order valence-electron chi connectivity index (χ0n) is 11.2. The van der Waals surface area contributed by atoms with Gasteiger partial charge in [-0.25, -0.2) is 0 Å². The largest absolute Gasteiger partial charge is 0.368 e. The van der Waals surface area contributed by atoms with Crippen LogP contribution in [0.2, 0.25) is 0 Å². The third kappa shape index (κ3) is 3.68. The fraction of sp³-hybridized carbons (Fsp3) is 0.923. The van der Waals surface area contributed by atoms with Crippen LogP contribution < -0.4 is 11.5 Å². The van der Waals surface area contributed by atoms with E-state index >= 15 is 0 Å². The second-order valence-corrected chi connectivity index (χ2v) is 5.25. The minimum absolute atomic E-state index is 0.339. The zero-order valence-corrected chi connectivity index (χ0v) is 11.2. The molecular formula is C13H27N3O. The molecule has 0 spiro atoms. The number of primary amides is 1. The summed E-state index contributed by atoms with van der Waals surface area (Å²) in [5, 5.41) is 0. The van der Waals surface area contributed by atoms with Crippen molar-refractivity contribution < 1.29 is 4.79 Å². The van der Waals surface area contributed by atoms with E-state index in [1.165, 1.54) is 12.8 Å². The average Bonchev–Trinajstić information content (AvgIpc) is 2.30. The van der Waals surface area contributed by atoms with Gasteiger partial charge in [0, 0.05) is 6.04 Å². The molecule has 0 bridgehead atoms. The lowest BCUT2D eigenvalue weighted by Gasteiger charge is -2.40. The Balaban J connectivity index is 2.60. The summed E-state index contributed by atoms with van der Waals surface area (Å²) in [4.78, 5) is 13.9. The smallest absolute Gasteiger partial charge is 0.237 e. The van der Waals surface area contributed by atoms with Crippen LogP contribution in [0.25, 0.3) is 0 Å². The Morgan fingerprint density at radius 2 is 2.18 bits per heavy atom. The fourth-order valence-electron chi connectivity index (χ4n) is 2.77. The summed E-state index contributed by atoms with van der Waals surface area (Å²) >= 11 is 0. The van der Waals surface area contributed by atoms with Gasteiger partial charge < -0.3 is 16.4 Å². The molecule has 4 nitrogen and oxygen atoms in total. The third-order valence-corrected chi connectivity index (χ3v) is 3.97. The second kappa shape index (κ2) is 6.36. The van der Waals surface area contributed by atoms with Crippen LogP contribution in [0.15, 0.2) is 0 Å². The summed E-state index contributed by atoms with van der Waals surface area (Å²) < 4.78 is 0. The van der Waals surface area contributed by atoms with Gasteiger partial charge in [0.2, 0.25) is 5.91 Å². The molecule has 1 rings (SSSR count). The molecule has 1 saturated carbocycles. The molecule has 4 N–H and O–H groups in total. The van der Waals surface area contributed by atoms with Gasteiger partial charge in [-0.1, -0.05) is 20.3 Å². The lowest BCUT2D eigenvalue weighted by atomic mass is 9.78. The van der Waals surface area contributed by atoms with Crippen LogP contribution in [0.3, 0.4) is 0 Å². The van der Waals surface area contributed by atoms with Gasteiger partial charge in [0.15, 0.2) is 0 Å². The Morgan fingerprint density at radius 3 is 2.71 bits per heavy atom. The van der Waals surface area contributed by atoms with Gasteiger partial charge >= 0.3 is 0 Å². The van der Waals surface area contributed by atoms with Crippen LogP contribution in [0.5, 0.6) is 0 Å². The first-order valence-corrected chi connectivity index (χ1v) is 6.86. The molecular weight excluding hydrogens is 214 g/mol. The summed E-state index contributed by atoms with van der Waals surface area (Å²) in [5.74, 6) is -0.339. The van der Waals surface area contributed by atoms with Crippen molar-refractivity contribution in [2.75, 3.05) is 13.1 Å². The van der Waals surface area contributed by atoms with Crippen LogP contribution in [-0.4, -0.2) is 35.5 Å². The molecule has 0 aliphatic heterocycles. The van der Waals surface area contributed by atoms with Gasteiger partial charge in [-0.15, -0.1) is 0 Å². The van der Waals surface area contributed by atoms with E-state index in [9.17, 15) is 4.79 Å². The highest BCUT2D eigenvalue weighted by Gasteiger charge is 2.39. The van der Waals surface area contributed by atoms with E-state index in [0.717, 1.165) is 38.8 Å². The van der Waals surface area contributed by atoms with Crippen LogP contribution in [0.1, 0.15) is 52.4 Å². The molecule has 1 amide bonds. The topological polar surface area (TPSA) is 72.3 Å². The Bertz CT molecular complexity index is 257. The minimum atomic E-state index is -0.775. The molecule has 2 unspecified atom stereocenters. The average molecular weight is 241 g/mol. The fourth-order valence-corrected chi connectivity index (χ4v) is 2.77. The summed E-state index contributed by atoms with van der Waals surface area (Å²) in [5.41, 5.74) is 10.8. The van der Waals surface area contributed by atoms with E-state index in [1.54, 1.807) is 0 Å². The lowest BCUT2D eigenvalue weighted by molar-refractivity contribution is -0.125. The first kappa shape index (κ1) is 14.5. The second-order valence-electron chi connectivity index (χ2n) is 5.25. The third-order valence-electron chi connectivity index (χ3n) is 3.97. The molecule has 2 atom stereocenters. The predicted octanol–water partition coefficient (Wildman–Crippen LogP) is 1.23. The highest BCUT2D eigenvalue weighted by molar-refractivity contribution is 5.84. The first-order chi connectivity index (χ1) is 8.03. The van der Waals surface area contributed by atoms with Gasteiger partial charge in [0.1, 0.15) is 0 Å². The van der Waals surface area contributed by atoms with Crippen molar-refractivity contribution in [3.8, 4) is 0 Å². The normalized spacial score (nSPS) is 29.5. The Labute approximate surface area is 105 Å². The Morgan fingerprint density at radius 1 is 1.47 bits per heavy atom. The number of nitrogens with two attached hydrogens (primary N) is 2. The number of hydrogen-bond donors (Lipinski definition) is 2. The van der Waals surface area contributed by atoms with E-state index < -0.39 is 5.54 Å². The maximum absolute atomic E-state index is 11.4. The first-order valence-electron chi connectivity index (χ1n) is 6.86. The summed E-state index contributed by atoms with van der Waals surface area (Å²) in [6.07, 6.45) is 6.02. The maximum Gasteiger partial charge on any atom is 0.237 e. The highest BCUT2D eigenvalue weighted by Crippen LogP contribution is 2.29. The molecule has 0 radical (unpaired) electrons. The van der Waals surface area contributed by atoms with Gasteiger partial charge in [-0.2, -0.15) is 0 Å². The molecule has 0 aromatic rings. The summed E-state index contributed by atoms with van der Waals surface area (Å²) in [6, 6.07) is 0.429. The van der Waals surface area contributed by atoms with Crippen LogP contribution in [-0.2, 0) is 4.79 Å². The SMILES string of the molecule is CCCCN(CC)C1CCCC(N)(C(N)=O)C1. The number of rotatable bonds is 6. The van der Waals surface area contributed by atoms with Crippen molar-refractivity contribution in [3.05, 3.63) is 0 Å². The predicted molar refractivity (Wildman–Crippen MR) is 70.5 cm³/mol. The van der Waals surface area contributed by atoms with E-state index in [2.05, 4.69) is 18.7 Å². The number of carbonyl (C=O) groups is 1. The van der Waals surface area contributed by atoms with E-state index in [0.29, 0.717) is 6.04 Å². The van der Waals surface area contributed by atoms with Crippen LogP contribution in [0.4, 0.5) is 0 Å². The van der Waals surface area contributed by atoms with Crippen molar-refractivity contribution in [2.24, 2.45) is 11.5 Å². The summed E-state index contributed by atoms with van der Waals surface area (Å²) in [6.45, 7) is 6.50. The number of unbranched alkanes of at least 4 members (excludes halogenated alkanes) is 1. The molecule has 0 saturated heterocycles. The number of nitrogens with zero attached hydrogens (tertiary/aromatic N) is 1. The Kier molecular flexibility index (Phi) is 5.40. The van der Waals surface area contributed by atoms with Crippen molar-refractivity contribution in [1.82, 2.24) is 4.90 Å². The van der Waals surface area contributed by atoms with E-state index in [4.69, 9.17) is 11.5 Å². The Hall–Kier alpha value is -0.610. The lowest BCUT2D eigenvalue weighted by Crippen LogP contribution is -2.58. The molecule has 0 aromatic carbocycles. The number of carbonyl (C=O) groups excluding carboxylic acids is 1. The molecule has 0 aromatic heterocycles. The van der Waals surface area contributed by atoms with E-state index in [1.807, 2.05) is 0 Å². The number of hydrogen-bond acceptors (Lipinski definition) is 3. The van der Waals surface area contributed by atoms with Crippen LogP contribution >= 0.6 is 0 Å². The maximum atomic E-state index is 11.4. The minimum Gasteiger partial charge on any atom is -0.368 e. The van der Waals surface area contributed by atoms with Crippen molar-refractivity contribution in [2.45, 2.75) is 64.0 Å². The van der Waals surface area contributed by atoms with Gasteiger partial charge in [0.25, 0.3) is 0 Å². The number of amides is 1. The van der Waals surface area contributed by atoms with Gasteiger partial charge in [0.05, 0.1) is 5.54 Å². The molecule has 17 heavy (non-hydrogen) atoms. The van der Waals surface area contributed by atoms with Crippen molar-refractivity contribution in [3.63, 3.8) is 0 Å².